The number of hydrogen-bond donors (Lipinski definition) is 1. The van der Waals surface area contributed by atoms with Crippen LogP contribution in [0.2, 0.25) is 0 Å². The second kappa shape index (κ2) is 12.2. The highest BCUT2D eigenvalue weighted by Gasteiger charge is 2.37. The van der Waals surface area contributed by atoms with Gasteiger partial charge in [-0.15, -0.1) is 13.2 Å². The smallest absolute Gasteiger partial charge is 0.450 e. The summed E-state index contributed by atoms with van der Waals surface area (Å²) in [6, 6.07) is 10.8. The van der Waals surface area contributed by atoms with Crippen LogP contribution in [0.1, 0.15) is 38.1 Å². The number of hydrogen-bond acceptors (Lipinski definition) is 7. The first-order valence-corrected chi connectivity index (χ1v) is 14.0. The van der Waals surface area contributed by atoms with E-state index in [2.05, 4.69) is 19.7 Å². The first-order valence-electron chi connectivity index (χ1n) is 14.0. The molecule has 0 amide bonds. The summed E-state index contributed by atoms with van der Waals surface area (Å²) in [7, 11) is 0. The number of ether oxygens (including phenoxy) is 2. The van der Waals surface area contributed by atoms with E-state index in [9.17, 15) is 31.1 Å². The fraction of sp³-hybridized carbons (Fsp3) is 0.414. The summed E-state index contributed by atoms with van der Waals surface area (Å²) in [4.78, 5) is 24.1. The maximum Gasteiger partial charge on any atom is 0.573 e. The van der Waals surface area contributed by atoms with Crippen LogP contribution in [0.5, 0.6) is 5.75 Å². The van der Waals surface area contributed by atoms with Gasteiger partial charge in [-0.3, -0.25) is 4.57 Å². The van der Waals surface area contributed by atoms with Crippen molar-refractivity contribution in [1.29, 1.82) is 0 Å². The Hall–Kier alpha value is -4.31. The Morgan fingerprint density at radius 3 is 2.44 bits per heavy atom. The van der Waals surface area contributed by atoms with Gasteiger partial charge in [0, 0.05) is 43.1 Å². The number of imidazole rings is 1. The van der Waals surface area contributed by atoms with Gasteiger partial charge in [0.2, 0.25) is 5.82 Å². The average Bonchev–Trinajstić information content (AvgIpc) is 3.69. The zero-order valence-electron chi connectivity index (χ0n) is 23.8. The molecule has 2 atom stereocenters. The van der Waals surface area contributed by atoms with E-state index < -0.39 is 18.4 Å². The van der Waals surface area contributed by atoms with Gasteiger partial charge in [0.15, 0.2) is 11.4 Å². The Kier molecular flexibility index (Phi) is 8.72. The van der Waals surface area contributed by atoms with E-state index in [1.54, 1.807) is 28.8 Å². The first kappa shape index (κ1) is 32.1. The van der Waals surface area contributed by atoms with Crippen molar-refractivity contribution in [2.75, 3.05) is 31.2 Å². The SMILES string of the molecule is C[C@H]1COCCC1n1c(=O)[nH]c2cc(OC(F)(F)F)ccc21.FC(F)(F)c1nc(N2CCCC2)c2oc3ccccc3c2n1.O. The van der Waals surface area contributed by atoms with Crippen LogP contribution in [0, 0.1) is 5.92 Å². The lowest BCUT2D eigenvalue weighted by atomic mass is 9.97. The molecule has 45 heavy (non-hydrogen) atoms. The van der Waals surface area contributed by atoms with Gasteiger partial charge in [0.25, 0.3) is 0 Å². The van der Waals surface area contributed by atoms with Gasteiger partial charge in [-0.05, 0) is 43.5 Å². The Morgan fingerprint density at radius 2 is 1.76 bits per heavy atom. The number of anilines is 1. The molecule has 1 unspecified atom stereocenters. The van der Waals surface area contributed by atoms with Crippen LogP contribution in [-0.4, -0.2) is 57.7 Å². The molecule has 0 bridgehead atoms. The van der Waals surface area contributed by atoms with E-state index in [-0.39, 0.29) is 40.2 Å². The maximum absolute atomic E-state index is 13.1. The molecule has 7 rings (SSSR count). The van der Waals surface area contributed by atoms with Gasteiger partial charge in [-0.25, -0.2) is 14.8 Å². The quantitative estimate of drug-likeness (QED) is 0.239. The number of nitrogens with zero attached hydrogens (tertiary/aromatic N) is 4. The summed E-state index contributed by atoms with van der Waals surface area (Å²) < 4.78 is 92.7. The molecular formula is C29H29F6N5O5. The summed E-state index contributed by atoms with van der Waals surface area (Å²) in [6.45, 7) is 4.46. The van der Waals surface area contributed by atoms with Crippen molar-refractivity contribution in [3.8, 4) is 5.75 Å². The molecule has 242 valence electrons. The zero-order valence-corrected chi connectivity index (χ0v) is 23.8. The van der Waals surface area contributed by atoms with E-state index in [4.69, 9.17) is 9.15 Å². The number of aromatic amines is 1. The predicted octanol–water partition coefficient (Wildman–Crippen LogP) is 6.00. The average molecular weight is 642 g/mol. The first-order chi connectivity index (χ1) is 20.9. The fourth-order valence-corrected chi connectivity index (χ4v) is 5.74. The number of benzene rings is 2. The second-order valence-electron chi connectivity index (χ2n) is 10.8. The van der Waals surface area contributed by atoms with Gasteiger partial charge in [0.05, 0.1) is 17.6 Å². The lowest BCUT2D eigenvalue weighted by Gasteiger charge is -2.29. The van der Waals surface area contributed by atoms with Crippen molar-refractivity contribution in [1.82, 2.24) is 19.5 Å². The number of alkyl halides is 6. The van der Waals surface area contributed by atoms with Crippen LogP contribution >= 0.6 is 0 Å². The molecule has 16 heteroatoms. The summed E-state index contributed by atoms with van der Waals surface area (Å²) in [5.41, 5.74) is 1.63. The summed E-state index contributed by atoms with van der Waals surface area (Å²) in [5.74, 6) is -1.08. The normalized spacial score (nSPS) is 19.0. The molecule has 0 aliphatic carbocycles. The monoisotopic (exact) mass is 641 g/mol. The van der Waals surface area contributed by atoms with Crippen LogP contribution in [0.15, 0.2) is 51.7 Å². The number of rotatable bonds is 3. The molecule has 5 aromatic rings. The molecule has 3 aromatic heterocycles. The Labute approximate surface area is 250 Å². The minimum absolute atomic E-state index is 0. The predicted molar refractivity (Wildman–Crippen MR) is 152 cm³/mol. The largest absolute Gasteiger partial charge is 0.573 e. The highest BCUT2D eigenvalue weighted by molar-refractivity contribution is 6.05. The van der Waals surface area contributed by atoms with E-state index in [1.165, 1.54) is 18.2 Å². The number of nitrogens with one attached hydrogen (secondary N) is 1. The molecule has 10 nitrogen and oxygen atoms in total. The van der Waals surface area contributed by atoms with Crippen molar-refractivity contribution in [3.63, 3.8) is 0 Å². The van der Waals surface area contributed by atoms with Crippen LogP contribution in [-0.2, 0) is 10.9 Å². The third-order valence-corrected chi connectivity index (χ3v) is 7.71. The lowest BCUT2D eigenvalue weighted by molar-refractivity contribution is -0.274. The minimum atomic E-state index is -4.76. The number of furan rings is 1. The van der Waals surface area contributed by atoms with Crippen molar-refractivity contribution in [2.45, 2.75) is 44.8 Å². The zero-order chi connectivity index (χ0) is 31.2. The minimum Gasteiger partial charge on any atom is -0.450 e. The summed E-state index contributed by atoms with van der Waals surface area (Å²) in [5, 5.41) is 0.575. The van der Waals surface area contributed by atoms with Gasteiger partial charge < -0.3 is 29.3 Å². The van der Waals surface area contributed by atoms with Crippen molar-refractivity contribution >= 4 is 38.9 Å². The van der Waals surface area contributed by atoms with Crippen LogP contribution in [0.25, 0.3) is 33.1 Å². The Bertz CT molecular complexity index is 1860. The molecule has 2 aliphatic heterocycles. The second-order valence-corrected chi connectivity index (χ2v) is 10.8. The van der Waals surface area contributed by atoms with E-state index in [0.717, 1.165) is 12.8 Å². The topological polar surface area (TPSA) is 130 Å². The van der Waals surface area contributed by atoms with E-state index in [1.807, 2.05) is 11.8 Å². The number of para-hydroxylation sites is 1. The van der Waals surface area contributed by atoms with Gasteiger partial charge in [0.1, 0.15) is 16.8 Å². The van der Waals surface area contributed by atoms with Crippen molar-refractivity contribution < 1.29 is 45.7 Å². The third-order valence-electron chi connectivity index (χ3n) is 7.71. The van der Waals surface area contributed by atoms with Gasteiger partial charge in [-0.2, -0.15) is 13.2 Å². The molecular weight excluding hydrogens is 612 g/mol. The number of H-pyrrole nitrogens is 1. The third kappa shape index (κ3) is 6.56. The molecule has 2 saturated heterocycles. The molecule has 0 spiro atoms. The fourth-order valence-electron chi connectivity index (χ4n) is 5.74. The van der Waals surface area contributed by atoms with Crippen LogP contribution in [0.3, 0.4) is 0 Å². The Balaban J connectivity index is 0.000000174. The molecule has 2 aromatic carbocycles. The number of halogens is 6. The molecule has 2 fully saturated rings. The lowest BCUT2D eigenvalue weighted by Crippen LogP contribution is -2.33. The van der Waals surface area contributed by atoms with Crippen LogP contribution in [0.4, 0.5) is 32.2 Å². The molecule has 3 N–H and O–H groups in total. The summed E-state index contributed by atoms with van der Waals surface area (Å²) in [6.07, 6.45) is -6.78. The number of fused-ring (bicyclic) bond motifs is 4. The standard InChI is InChI=1S/C15H12F3N3O.C14H15F3N2O3.H2O/c16-15(17,18)14-19-11-9-5-1-2-6-10(9)22-12(11)13(20-14)21-7-3-4-8-21;1-8-7-21-5-4-11(8)19-12-3-2-9(22-14(15,16)17)6-10(12)18-13(19)20;/h1-2,5-6H,3-4,7-8H2;2-3,6,8,11H,4-5,7H2,1H3,(H,18,20);1H2/t;8-,11?;/m.0./s1. The van der Waals surface area contributed by atoms with Crippen molar-refractivity contribution in [2.24, 2.45) is 5.92 Å². The molecule has 0 saturated carbocycles. The molecule has 5 heterocycles. The Morgan fingerprint density at radius 1 is 1.02 bits per heavy atom. The van der Waals surface area contributed by atoms with Crippen LogP contribution < -0.4 is 15.3 Å². The summed E-state index contributed by atoms with van der Waals surface area (Å²) >= 11 is 0. The van der Waals surface area contributed by atoms with Gasteiger partial charge in [-0.1, -0.05) is 19.1 Å². The molecule has 0 radical (unpaired) electrons. The van der Waals surface area contributed by atoms with E-state index >= 15 is 0 Å². The highest BCUT2D eigenvalue weighted by atomic mass is 19.4. The molecule has 2 aliphatic rings. The van der Waals surface area contributed by atoms with Crippen molar-refractivity contribution in [3.05, 3.63) is 58.8 Å². The van der Waals surface area contributed by atoms with E-state index in [0.29, 0.717) is 60.3 Å². The van der Waals surface area contributed by atoms with Gasteiger partial charge >= 0.3 is 18.2 Å². The number of aromatic nitrogens is 4. The maximum atomic E-state index is 13.1. The highest BCUT2D eigenvalue weighted by Crippen LogP contribution is 2.37.